The highest BCUT2D eigenvalue weighted by molar-refractivity contribution is 6.35. The lowest BCUT2D eigenvalue weighted by Crippen LogP contribution is -2.35. The third kappa shape index (κ3) is 3.09. The maximum absolute atomic E-state index is 12.8. The lowest BCUT2D eigenvalue weighted by molar-refractivity contribution is 0.0652. The van der Waals surface area contributed by atoms with Crippen LogP contribution in [0.2, 0.25) is 10.0 Å². The van der Waals surface area contributed by atoms with Gasteiger partial charge in [-0.3, -0.25) is 4.79 Å². The molecule has 0 aliphatic heterocycles. The van der Waals surface area contributed by atoms with Crippen molar-refractivity contribution in [1.29, 1.82) is 0 Å². The minimum Gasteiger partial charge on any atom is -0.467 e. The van der Waals surface area contributed by atoms with Crippen molar-refractivity contribution in [3.05, 3.63) is 58.0 Å². The highest BCUT2D eigenvalue weighted by atomic mass is 35.5. The lowest BCUT2D eigenvalue weighted by Gasteiger charge is -2.28. The van der Waals surface area contributed by atoms with E-state index in [2.05, 4.69) is 0 Å². The van der Waals surface area contributed by atoms with Gasteiger partial charge in [-0.15, -0.1) is 0 Å². The number of hydrogen-bond donors (Lipinski definition) is 0. The van der Waals surface area contributed by atoms with Gasteiger partial charge in [-0.05, 0) is 50.1 Å². The second-order valence-electron chi connectivity index (χ2n) is 5.29. The third-order valence-corrected chi connectivity index (χ3v) is 4.09. The molecule has 3 rings (SSSR count). The molecule has 1 amide bonds. The van der Waals surface area contributed by atoms with Gasteiger partial charge in [0.05, 0.1) is 12.3 Å². The highest BCUT2D eigenvalue weighted by Crippen LogP contribution is 2.36. The molecule has 0 N–H and O–H groups in total. The molecule has 1 fully saturated rings. The Bertz CT molecular complexity index is 630. The molecule has 21 heavy (non-hydrogen) atoms. The standard InChI is InChI=1S/C16H15Cl2NO2/c1-10(15-3-2-6-21-15)19(14-4-5-14)16(20)11-7-12(17)9-13(18)8-11/h2-3,6-10,14H,4-5H2,1H3/t10-/m1/s1. The summed E-state index contributed by atoms with van der Waals surface area (Å²) in [6, 6.07) is 8.79. The van der Waals surface area contributed by atoms with Crippen LogP contribution in [0.3, 0.4) is 0 Å². The fourth-order valence-electron chi connectivity index (χ4n) is 2.50. The van der Waals surface area contributed by atoms with Crippen molar-refractivity contribution < 1.29 is 9.21 Å². The van der Waals surface area contributed by atoms with E-state index in [1.165, 1.54) is 0 Å². The van der Waals surface area contributed by atoms with E-state index in [1.807, 2.05) is 24.0 Å². The van der Waals surface area contributed by atoms with Crippen LogP contribution in [-0.4, -0.2) is 16.8 Å². The number of hydrogen-bond acceptors (Lipinski definition) is 2. The van der Waals surface area contributed by atoms with Gasteiger partial charge < -0.3 is 9.32 Å². The zero-order chi connectivity index (χ0) is 15.0. The van der Waals surface area contributed by atoms with Crippen LogP contribution in [0.5, 0.6) is 0 Å². The molecule has 1 heterocycles. The van der Waals surface area contributed by atoms with Crippen LogP contribution in [0.25, 0.3) is 0 Å². The molecular formula is C16H15Cl2NO2. The number of rotatable bonds is 4. The molecule has 2 aromatic rings. The first-order chi connectivity index (χ1) is 10.1. The van der Waals surface area contributed by atoms with E-state index in [1.54, 1.807) is 24.5 Å². The Labute approximate surface area is 133 Å². The third-order valence-electron chi connectivity index (χ3n) is 3.66. The summed E-state index contributed by atoms with van der Waals surface area (Å²) in [7, 11) is 0. The molecule has 1 aliphatic rings. The Morgan fingerprint density at radius 3 is 2.48 bits per heavy atom. The average molecular weight is 324 g/mol. The summed E-state index contributed by atoms with van der Waals surface area (Å²) in [5.74, 6) is 0.717. The van der Waals surface area contributed by atoms with Crippen molar-refractivity contribution in [3.63, 3.8) is 0 Å². The van der Waals surface area contributed by atoms with Gasteiger partial charge in [-0.1, -0.05) is 23.2 Å². The van der Waals surface area contributed by atoms with Crippen LogP contribution >= 0.6 is 23.2 Å². The number of halogens is 2. The maximum atomic E-state index is 12.8. The highest BCUT2D eigenvalue weighted by Gasteiger charge is 2.37. The van der Waals surface area contributed by atoms with E-state index in [9.17, 15) is 4.79 Å². The summed E-state index contributed by atoms with van der Waals surface area (Å²) in [5.41, 5.74) is 0.512. The van der Waals surface area contributed by atoms with Gasteiger partial charge in [0.15, 0.2) is 0 Å². The quantitative estimate of drug-likeness (QED) is 0.797. The molecule has 0 bridgehead atoms. The monoisotopic (exact) mass is 323 g/mol. The molecule has 5 heteroatoms. The predicted molar refractivity (Wildman–Crippen MR) is 82.8 cm³/mol. The number of amides is 1. The number of carbonyl (C=O) groups excluding carboxylic acids is 1. The molecule has 1 aliphatic carbocycles. The second-order valence-corrected chi connectivity index (χ2v) is 6.17. The molecule has 1 aromatic heterocycles. The van der Waals surface area contributed by atoms with Crippen molar-refractivity contribution >= 4 is 29.1 Å². The van der Waals surface area contributed by atoms with E-state index < -0.39 is 0 Å². The molecule has 1 saturated carbocycles. The number of carbonyl (C=O) groups is 1. The summed E-state index contributed by atoms with van der Waals surface area (Å²) >= 11 is 12.0. The smallest absolute Gasteiger partial charge is 0.254 e. The van der Waals surface area contributed by atoms with Crippen LogP contribution < -0.4 is 0 Å². The normalized spacial score (nSPS) is 15.8. The molecular weight excluding hydrogens is 309 g/mol. The van der Waals surface area contributed by atoms with Gasteiger partial charge in [0, 0.05) is 21.7 Å². The maximum Gasteiger partial charge on any atom is 0.254 e. The summed E-state index contributed by atoms with van der Waals surface area (Å²) in [6.45, 7) is 1.97. The minimum atomic E-state index is -0.113. The van der Waals surface area contributed by atoms with Gasteiger partial charge in [-0.2, -0.15) is 0 Å². The van der Waals surface area contributed by atoms with Gasteiger partial charge in [-0.25, -0.2) is 0 Å². The Morgan fingerprint density at radius 2 is 1.95 bits per heavy atom. The summed E-state index contributed by atoms with van der Waals surface area (Å²) in [6.07, 6.45) is 3.66. The Kier molecular flexibility index (Phi) is 3.96. The van der Waals surface area contributed by atoms with Gasteiger partial charge in [0.2, 0.25) is 0 Å². The Hall–Kier alpha value is -1.45. The van der Waals surface area contributed by atoms with Crippen molar-refractivity contribution in [2.24, 2.45) is 0 Å². The zero-order valence-electron chi connectivity index (χ0n) is 11.6. The first-order valence-electron chi connectivity index (χ1n) is 6.88. The van der Waals surface area contributed by atoms with Crippen LogP contribution in [0, 0.1) is 0 Å². The topological polar surface area (TPSA) is 33.5 Å². The molecule has 1 aromatic carbocycles. The molecule has 3 nitrogen and oxygen atoms in total. The van der Waals surface area contributed by atoms with Crippen molar-refractivity contribution in [1.82, 2.24) is 4.90 Å². The lowest BCUT2D eigenvalue weighted by atomic mass is 10.1. The van der Waals surface area contributed by atoms with E-state index in [4.69, 9.17) is 27.6 Å². The predicted octanol–water partition coefficient (Wildman–Crippen LogP) is 4.95. The number of furan rings is 1. The minimum absolute atomic E-state index is 0.0641. The van der Waals surface area contributed by atoms with E-state index >= 15 is 0 Å². The van der Waals surface area contributed by atoms with Crippen LogP contribution in [0.15, 0.2) is 41.0 Å². The average Bonchev–Trinajstić information content (AvgIpc) is 3.10. The molecule has 0 unspecified atom stereocenters. The fraction of sp³-hybridized carbons (Fsp3) is 0.312. The Morgan fingerprint density at radius 1 is 1.29 bits per heavy atom. The summed E-state index contributed by atoms with van der Waals surface area (Å²) < 4.78 is 5.44. The molecule has 1 atom stereocenters. The largest absolute Gasteiger partial charge is 0.467 e. The Balaban J connectivity index is 1.92. The van der Waals surface area contributed by atoms with Gasteiger partial charge in [0.1, 0.15) is 5.76 Å². The summed E-state index contributed by atoms with van der Waals surface area (Å²) in [5, 5.41) is 0.930. The van der Waals surface area contributed by atoms with E-state index in [0.29, 0.717) is 15.6 Å². The molecule has 0 radical (unpaired) electrons. The second kappa shape index (κ2) is 5.74. The van der Waals surface area contributed by atoms with Crippen LogP contribution in [0.1, 0.15) is 41.9 Å². The molecule has 0 spiro atoms. The van der Waals surface area contributed by atoms with Crippen LogP contribution in [-0.2, 0) is 0 Å². The van der Waals surface area contributed by atoms with E-state index in [-0.39, 0.29) is 18.0 Å². The zero-order valence-corrected chi connectivity index (χ0v) is 13.1. The van der Waals surface area contributed by atoms with Crippen molar-refractivity contribution in [3.8, 4) is 0 Å². The van der Waals surface area contributed by atoms with Gasteiger partial charge >= 0.3 is 0 Å². The van der Waals surface area contributed by atoms with Crippen LogP contribution in [0.4, 0.5) is 0 Å². The SMILES string of the molecule is C[C@H](c1ccco1)N(C(=O)c1cc(Cl)cc(Cl)c1)C1CC1. The summed E-state index contributed by atoms with van der Waals surface area (Å²) in [4.78, 5) is 14.7. The molecule has 110 valence electrons. The fourth-order valence-corrected chi connectivity index (χ4v) is 3.03. The van der Waals surface area contributed by atoms with Crippen molar-refractivity contribution in [2.45, 2.75) is 31.8 Å². The molecule has 0 saturated heterocycles. The van der Waals surface area contributed by atoms with Gasteiger partial charge in [0.25, 0.3) is 5.91 Å². The first kappa shape index (κ1) is 14.5. The van der Waals surface area contributed by atoms with E-state index in [0.717, 1.165) is 18.6 Å². The first-order valence-corrected chi connectivity index (χ1v) is 7.64. The number of benzene rings is 1. The number of nitrogens with zero attached hydrogens (tertiary/aromatic N) is 1. The van der Waals surface area contributed by atoms with Crippen molar-refractivity contribution in [2.75, 3.05) is 0 Å².